The van der Waals surface area contributed by atoms with Gasteiger partial charge in [0.25, 0.3) is 0 Å². The lowest BCUT2D eigenvalue weighted by molar-refractivity contribution is 0.426. The molecule has 1 heterocycles. The topological polar surface area (TPSA) is 66.5 Å². The van der Waals surface area contributed by atoms with E-state index in [-0.39, 0.29) is 0 Å². The van der Waals surface area contributed by atoms with Crippen molar-refractivity contribution in [2.75, 3.05) is 0 Å². The van der Waals surface area contributed by atoms with Crippen molar-refractivity contribution >= 4 is 12.6 Å². The van der Waals surface area contributed by atoms with Crippen molar-refractivity contribution in [3.05, 3.63) is 36.9 Å². The average Bonchev–Trinajstić information content (AvgIpc) is 2.71. The molecule has 2 rings (SSSR count). The van der Waals surface area contributed by atoms with Gasteiger partial charge in [0.2, 0.25) is 0 Å². The Kier molecular flexibility index (Phi) is 2.34. The quantitative estimate of drug-likeness (QED) is 0.653. The first-order chi connectivity index (χ1) is 6.77. The van der Waals surface area contributed by atoms with E-state index in [1.165, 1.54) is 6.39 Å². The Bertz CT molecular complexity index is 414. The molecule has 70 valence electrons. The van der Waals surface area contributed by atoms with Crippen molar-refractivity contribution in [2.45, 2.75) is 0 Å². The monoisotopic (exact) mass is 189 g/mol. The highest BCUT2D eigenvalue weighted by Gasteiger charge is 2.11. The minimum Gasteiger partial charge on any atom is -0.444 e. The lowest BCUT2D eigenvalue weighted by Gasteiger charge is -2.00. The third-order valence-corrected chi connectivity index (χ3v) is 1.90. The molecule has 0 aliphatic heterocycles. The molecule has 0 aliphatic rings. The van der Waals surface area contributed by atoms with Crippen LogP contribution >= 0.6 is 0 Å². The SMILES string of the molecule is OB(O)c1cccc(-c2cnco2)c1. The lowest BCUT2D eigenvalue weighted by Crippen LogP contribution is -2.29. The fraction of sp³-hybridized carbons (Fsp3) is 0. The molecule has 1 aromatic heterocycles. The third-order valence-electron chi connectivity index (χ3n) is 1.90. The molecule has 0 unspecified atom stereocenters. The lowest BCUT2D eigenvalue weighted by atomic mass is 9.79. The number of hydrogen-bond donors (Lipinski definition) is 2. The molecule has 4 nitrogen and oxygen atoms in total. The van der Waals surface area contributed by atoms with Gasteiger partial charge in [-0.05, 0) is 5.46 Å². The fourth-order valence-corrected chi connectivity index (χ4v) is 1.21. The van der Waals surface area contributed by atoms with Gasteiger partial charge in [0.1, 0.15) is 0 Å². The van der Waals surface area contributed by atoms with Gasteiger partial charge in [-0.1, -0.05) is 24.3 Å². The average molecular weight is 189 g/mol. The molecule has 0 saturated carbocycles. The Balaban J connectivity index is 2.41. The van der Waals surface area contributed by atoms with E-state index in [4.69, 9.17) is 14.5 Å². The first-order valence-electron chi connectivity index (χ1n) is 4.12. The predicted octanol–water partition coefficient (Wildman–Crippen LogP) is 0.0214. The van der Waals surface area contributed by atoms with E-state index in [0.29, 0.717) is 11.2 Å². The highest BCUT2D eigenvalue weighted by atomic mass is 16.4. The minimum atomic E-state index is -1.46. The first-order valence-corrected chi connectivity index (χ1v) is 4.12. The smallest absolute Gasteiger partial charge is 0.444 e. The summed E-state index contributed by atoms with van der Waals surface area (Å²) in [5.74, 6) is 0.604. The Morgan fingerprint density at radius 1 is 1.29 bits per heavy atom. The zero-order valence-electron chi connectivity index (χ0n) is 7.29. The van der Waals surface area contributed by atoms with Crippen LogP contribution in [0.2, 0.25) is 0 Å². The zero-order chi connectivity index (χ0) is 9.97. The van der Waals surface area contributed by atoms with Crippen molar-refractivity contribution in [3.63, 3.8) is 0 Å². The van der Waals surface area contributed by atoms with Crippen LogP contribution in [-0.2, 0) is 0 Å². The highest BCUT2D eigenvalue weighted by Crippen LogP contribution is 2.16. The Labute approximate surface area is 81.0 Å². The van der Waals surface area contributed by atoms with Crippen LogP contribution in [0.1, 0.15) is 0 Å². The van der Waals surface area contributed by atoms with Crippen molar-refractivity contribution < 1.29 is 14.5 Å². The number of rotatable bonds is 2. The molecule has 0 bridgehead atoms. The van der Waals surface area contributed by atoms with Gasteiger partial charge < -0.3 is 14.5 Å². The van der Waals surface area contributed by atoms with Gasteiger partial charge in [-0.2, -0.15) is 0 Å². The second kappa shape index (κ2) is 3.65. The van der Waals surface area contributed by atoms with Crippen LogP contribution in [0.25, 0.3) is 11.3 Å². The molecule has 14 heavy (non-hydrogen) atoms. The molecule has 0 saturated heterocycles. The van der Waals surface area contributed by atoms with Crippen LogP contribution in [-0.4, -0.2) is 22.2 Å². The van der Waals surface area contributed by atoms with Crippen LogP contribution in [0.5, 0.6) is 0 Å². The molecule has 0 spiro atoms. The molecule has 2 aromatic rings. The maximum absolute atomic E-state index is 8.95. The summed E-state index contributed by atoms with van der Waals surface area (Å²) < 4.78 is 5.08. The van der Waals surface area contributed by atoms with Crippen molar-refractivity contribution in [1.82, 2.24) is 4.98 Å². The summed E-state index contributed by atoms with van der Waals surface area (Å²) in [6, 6.07) is 6.81. The van der Waals surface area contributed by atoms with Gasteiger partial charge in [-0.3, -0.25) is 0 Å². The molecular weight excluding hydrogens is 181 g/mol. The summed E-state index contributed by atoms with van der Waals surface area (Å²) in [7, 11) is -1.46. The van der Waals surface area contributed by atoms with E-state index in [1.54, 1.807) is 24.4 Å². The van der Waals surface area contributed by atoms with Gasteiger partial charge >= 0.3 is 7.12 Å². The fourth-order valence-electron chi connectivity index (χ4n) is 1.21. The molecule has 0 radical (unpaired) electrons. The van der Waals surface area contributed by atoms with Gasteiger partial charge in [0.15, 0.2) is 12.2 Å². The van der Waals surface area contributed by atoms with Crippen molar-refractivity contribution in [2.24, 2.45) is 0 Å². The Morgan fingerprint density at radius 2 is 2.14 bits per heavy atom. The van der Waals surface area contributed by atoms with Gasteiger partial charge in [-0.15, -0.1) is 0 Å². The van der Waals surface area contributed by atoms with E-state index in [2.05, 4.69) is 4.98 Å². The molecular formula is C9H8BNO3. The van der Waals surface area contributed by atoms with E-state index in [9.17, 15) is 0 Å². The number of oxazole rings is 1. The van der Waals surface area contributed by atoms with Gasteiger partial charge in [0.05, 0.1) is 6.20 Å². The molecule has 1 aromatic carbocycles. The van der Waals surface area contributed by atoms with Crippen LogP contribution in [0.3, 0.4) is 0 Å². The van der Waals surface area contributed by atoms with E-state index < -0.39 is 7.12 Å². The summed E-state index contributed by atoms with van der Waals surface area (Å²) in [5.41, 5.74) is 1.20. The highest BCUT2D eigenvalue weighted by molar-refractivity contribution is 6.58. The second-order valence-electron chi connectivity index (χ2n) is 2.86. The number of hydrogen-bond acceptors (Lipinski definition) is 4. The van der Waals surface area contributed by atoms with Crippen LogP contribution < -0.4 is 5.46 Å². The summed E-state index contributed by atoms with van der Waals surface area (Å²) in [6.45, 7) is 0. The summed E-state index contributed by atoms with van der Waals surface area (Å²) in [4.78, 5) is 3.78. The summed E-state index contributed by atoms with van der Waals surface area (Å²) in [6.07, 6.45) is 2.90. The van der Waals surface area contributed by atoms with Crippen LogP contribution in [0.4, 0.5) is 0 Å². The minimum absolute atomic E-state index is 0.430. The largest absolute Gasteiger partial charge is 0.488 e. The second-order valence-corrected chi connectivity index (χ2v) is 2.86. The summed E-state index contributed by atoms with van der Waals surface area (Å²) in [5, 5.41) is 17.9. The van der Waals surface area contributed by atoms with Gasteiger partial charge in [0, 0.05) is 5.56 Å². The Morgan fingerprint density at radius 3 is 2.79 bits per heavy atom. The van der Waals surface area contributed by atoms with Gasteiger partial charge in [-0.25, -0.2) is 4.98 Å². The number of aromatic nitrogens is 1. The van der Waals surface area contributed by atoms with E-state index in [1.807, 2.05) is 6.07 Å². The predicted molar refractivity (Wildman–Crippen MR) is 51.8 cm³/mol. The molecule has 0 atom stereocenters. The van der Waals surface area contributed by atoms with Crippen molar-refractivity contribution in [3.8, 4) is 11.3 Å². The number of benzene rings is 1. The normalized spacial score (nSPS) is 10.1. The number of nitrogens with zero attached hydrogens (tertiary/aromatic N) is 1. The van der Waals surface area contributed by atoms with Crippen LogP contribution in [0.15, 0.2) is 41.3 Å². The molecule has 0 fully saturated rings. The molecule has 0 amide bonds. The standard InChI is InChI=1S/C9H8BNO3/c12-10(13)8-3-1-2-7(4-8)9-5-11-6-14-9/h1-6,12-13H. The summed E-state index contributed by atoms with van der Waals surface area (Å²) >= 11 is 0. The maximum Gasteiger partial charge on any atom is 0.488 e. The van der Waals surface area contributed by atoms with Crippen molar-refractivity contribution in [1.29, 1.82) is 0 Å². The van der Waals surface area contributed by atoms with E-state index in [0.717, 1.165) is 5.56 Å². The van der Waals surface area contributed by atoms with E-state index >= 15 is 0 Å². The third kappa shape index (κ3) is 1.68. The van der Waals surface area contributed by atoms with Crippen LogP contribution in [0, 0.1) is 0 Å². The molecule has 5 heteroatoms. The molecule has 2 N–H and O–H groups in total. The zero-order valence-corrected chi connectivity index (χ0v) is 7.29. The molecule has 0 aliphatic carbocycles. The first kappa shape index (κ1) is 8.99. The Hall–Kier alpha value is -1.59. The maximum atomic E-state index is 8.95.